The summed E-state index contributed by atoms with van der Waals surface area (Å²) in [7, 11) is 0. The van der Waals surface area contributed by atoms with Crippen LogP contribution in [0.15, 0.2) is 0 Å². The molecule has 2 rings (SSSR count). The van der Waals surface area contributed by atoms with E-state index >= 15 is 0 Å². The lowest BCUT2D eigenvalue weighted by Gasteiger charge is -2.33. The second-order valence-electron chi connectivity index (χ2n) is 9.27. The van der Waals surface area contributed by atoms with E-state index in [1.165, 1.54) is 0 Å². The molecular weight excluding hydrogens is 500 g/mol. The smallest absolute Gasteiger partial charge is 0.157 e. The first-order valence-electron chi connectivity index (χ1n) is 14.3. The van der Waals surface area contributed by atoms with Gasteiger partial charge in [0.25, 0.3) is 0 Å². The summed E-state index contributed by atoms with van der Waals surface area (Å²) in [5, 5.41) is 0. The molecule has 0 N–H and O–H groups in total. The summed E-state index contributed by atoms with van der Waals surface area (Å²) in [6.45, 7) is 11.4. The Balaban J connectivity index is 1.67. The Morgan fingerprint density at radius 2 is 1.18 bits per heavy atom. The van der Waals surface area contributed by atoms with E-state index < -0.39 is 5.60 Å². The maximum Gasteiger partial charge on any atom is 0.157 e. The molecular formula is C27H52O11. The van der Waals surface area contributed by atoms with Crippen molar-refractivity contribution in [1.82, 2.24) is 0 Å². The van der Waals surface area contributed by atoms with Gasteiger partial charge in [0, 0.05) is 13.2 Å². The second kappa shape index (κ2) is 24.4. The Morgan fingerprint density at radius 1 is 0.605 bits per heavy atom. The van der Waals surface area contributed by atoms with Crippen molar-refractivity contribution >= 4 is 0 Å². The predicted octanol–water partition coefficient (Wildman–Crippen LogP) is 2.23. The molecule has 0 spiro atoms. The van der Waals surface area contributed by atoms with Crippen molar-refractivity contribution in [2.75, 3.05) is 126 Å². The van der Waals surface area contributed by atoms with Crippen LogP contribution in [0.2, 0.25) is 0 Å². The average Bonchev–Trinajstić information content (AvgIpc) is 2.94. The molecule has 0 bridgehead atoms. The summed E-state index contributed by atoms with van der Waals surface area (Å²) in [5.41, 5.74) is -0.744. The van der Waals surface area contributed by atoms with E-state index in [1.54, 1.807) is 0 Å². The molecule has 11 nitrogen and oxygen atoms in total. The largest absolute Gasteiger partial charge is 0.378 e. The van der Waals surface area contributed by atoms with Gasteiger partial charge in [0.05, 0.1) is 112 Å². The van der Waals surface area contributed by atoms with Gasteiger partial charge < -0.3 is 52.1 Å². The molecule has 1 atom stereocenters. The minimum Gasteiger partial charge on any atom is -0.378 e. The van der Waals surface area contributed by atoms with Crippen molar-refractivity contribution in [2.24, 2.45) is 0 Å². The van der Waals surface area contributed by atoms with Gasteiger partial charge in [-0.3, -0.25) is 0 Å². The normalized spacial score (nSPS) is 22.8. The quantitative estimate of drug-likeness (QED) is 0.264. The van der Waals surface area contributed by atoms with Gasteiger partial charge in [-0.15, -0.1) is 0 Å². The highest BCUT2D eigenvalue weighted by molar-refractivity contribution is 4.81. The van der Waals surface area contributed by atoms with Crippen LogP contribution < -0.4 is 0 Å². The van der Waals surface area contributed by atoms with E-state index in [0.717, 1.165) is 38.7 Å². The summed E-state index contributed by atoms with van der Waals surface area (Å²) in [6, 6.07) is 0. The molecule has 11 heteroatoms. The van der Waals surface area contributed by atoms with Crippen LogP contribution in [-0.4, -0.2) is 137 Å². The van der Waals surface area contributed by atoms with Crippen LogP contribution in [0.1, 0.15) is 39.0 Å². The van der Waals surface area contributed by atoms with Gasteiger partial charge in [0.1, 0.15) is 5.60 Å². The minimum atomic E-state index is -0.744. The summed E-state index contributed by atoms with van der Waals surface area (Å²) in [6.07, 6.45) is 5.20. The topological polar surface area (TPSA) is 102 Å². The summed E-state index contributed by atoms with van der Waals surface area (Å²) in [5.74, 6) is 0. The van der Waals surface area contributed by atoms with Crippen LogP contribution in [0.25, 0.3) is 0 Å². The van der Waals surface area contributed by atoms with Crippen LogP contribution in [-0.2, 0) is 52.1 Å². The fourth-order valence-corrected chi connectivity index (χ4v) is 3.77. The molecule has 0 aromatic rings. The fourth-order valence-electron chi connectivity index (χ4n) is 3.77. The van der Waals surface area contributed by atoms with Gasteiger partial charge in [0.2, 0.25) is 0 Å². The molecule has 0 aliphatic carbocycles. The summed E-state index contributed by atoms with van der Waals surface area (Å²) in [4.78, 5) is 0. The molecule has 2 aliphatic heterocycles. The molecule has 2 aliphatic rings. The molecule has 226 valence electrons. The maximum atomic E-state index is 6.29. The molecule has 0 radical (unpaired) electrons. The van der Waals surface area contributed by atoms with Crippen LogP contribution in [0, 0.1) is 0 Å². The van der Waals surface area contributed by atoms with Crippen molar-refractivity contribution in [3.05, 3.63) is 0 Å². The Labute approximate surface area is 228 Å². The van der Waals surface area contributed by atoms with E-state index in [4.69, 9.17) is 52.1 Å². The molecule has 38 heavy (non-hydrogen) atoms. The number of unbranched alkanes of at least 4 members (excludes halogenated alkanes) is 1. The van der Waals surface area contributed by atoms with E-state index in [0.29, 0.717) is 119 Å². The van der Waals surface area contributed by atoms with E-state index in [9.17, 15) is 0 Å². The zero-order valence-corrected chi connectivity index (χ0v) is 23.5. The van der Waals surface area contributed by atoms with Crippen LogP contribution in [0.4, 0.5) is 0 Å². The zero-order chi connectivity index (χ0) is 26.8. The third-order valence-electron chi connectivity index (χ3n) is 5.90. The van der Waals surface area contributed by atoms with Crippen LogP contribution in [0.5, 0.6) is 0 Å². The summed E-state index contributed by atoms with van der Waals surface area (Å²) < 4.78 is 63.2. The molecule has 0 amide bonds. The standard InChI is InChI=1S/C27H52O11/c1-2-3-7-33-23-27(24-34-17-15-29-11-9-28-10-12-30-16-18-35-25-27)38-22-20-32-14-13-31-19-21-37-26-6-4-5-8-36-26/h26H,2-25H2,1H3. The fraction of sp³-hybridized carbons (Fsp3) is 1.00. The monoisotopic (exact) mass is 552 g/mol. The highest BCUT2D eigenvalue weighted by Crippen LogP contribution is 2.16. The molecule has 0 aromatic carbocycles. The number of ether oxygens (including phenoxy) is 11. The minimum absolute atomic E-state index is 0.0830. The van der Waals surface area contributed by atoms with Crippen molar-refractivity contribution in [2.45, 2.75) is 50.9 Å². The van der Waals surface area contributed by atoms with E-state index in [2.05, 4.69) is 6.92 Å². The van der Waals surface area contributed by atoms with Crippen LogP contribution >= 0.6 is 0 Å². The Bertz CT molecular complexity index is 489. The first-order chi connectivity index (χ1) is 18.8. The lowest BCUT2D eigenvalue weighted by Crippen LogP contribution is -2.48. The number of hydrogen-bond acceptors (Lipinski definition) is 11. The SMILES string of the molecule is CCCCOCC1(OCCOCCOCCOC2CCCCO2)COCCOCCOCCOCCOC1. The third-order valence-corrected chi connectivity index (χ3v) is 5.90. The van der Waals surface area contributed by atoms with Gasteiger partial charge >= 0.3 is 0 Å². The first kappa shape index (κ1) is 33.8. The summed E-state index contributed by atoms with van der Waals surface area (Å²) >= 11 is 0. The molecule has 1 unspecified atom stereocenters. The van der Waals surface area contributed by atoms with Gasteiger partial charge in [0.15, 0.2) is 6.29 Å². The van der Waals surface area contributed by atoms with Gasteiger partial charge in [-0.2, -0.15) is 0 Å². The van der Waals surface area contributed by atoms with E-state index in [-0.39, 0.29) is 6.29 Å². The van der Waals surface area contributed by atoms with Crippen molar-refractivity contribution in [3.63, 3.8) is 0 Å². The Hall–Kier alpha value is -0.440. The third kappa shape index (κ3) is 18.0. The predicted molar refractivity (Wildman–Crippen MR) is 140 cm³/mol. The van der Waals surface area contributed by atoms with E-state index in [1.807, 2.05) is 0 Å². The molecule has 0 aromatic heterocycles. The van der Waals surface area contributed by atoms with Gasteiger partial charge in [-0.05, 0) is 25.7 Å². The van der Waals surface area contributed by atoms with Crippen molar-refractivity contribution < 1.29 is 52.1 Å². The number of hydrogen-bond donors (Lipinski definition) is 0. The Morgan fingerprint density at radius 3 is 1.76 bits per heavy atom. The molecule has 2 fully saturated rings. The molecule has 2 saturated heterocycles. The number of rotatable bonds is 16. The Kier molecular flexibility index (Phi) is 21.6. The van der Waals surface area contributed by atoms with Crippen LogP contribution in [0.3, 0.4) is 0 Å². The van der Waals surface area contributed by atoms with Gasteiger partial charge in [-0.1, -0.05) is 13.3 Å². The van der Waals surface area contributed by atoms with Crippen molar-refractivity contribution in [3.8, 4) is 0 Å². The molecule has 2 heterocycles. The first-order valence-corrected chi connectivity index (χ1v) is 14.3. The van der Waals surface area contributed by atoms with Crippen molar-refractivity contribution in [1.29, 1.82) is 0 Å². The highest BCUT2D eigenvalue weighted by atomic mass is 16.7. The highest BCUT2D eigenvalue weighted by Gasteiger charge is 2.33. The second-order valence-corrected chi connectivity index (χ2v) is 9.27. The average molecular weight is 553 g/mol. The maximum absolute atomic E-state index is 6.29. The molecule has 0 saturated carbocycles. The lowest BCUT2D eigenvalue weighted by molar-refractivity contribution is -0.178. The lowest BCUT2D eigenvalue weighted by atomic mass is 10.1. The zero-order valence-electron chi connectivity index (χ0n) is 23.5. The van der Waals surface area contributed by atoms with Gasteiger partial charge in [-0.25, -0.2) is 0 Å².